The van der Waals surface area contributed by atoms with Crippen LogP contribution >= 0.6 is 0 Å². The fraction of sp³-hybridized carbons (Fsp3) is 0.500. The maximum Gasteiger partial charge on any atom is 0.220 e. The number of piperidine rings is 1. The summed E-state index contributed by atoms with van der Waals surface area (Å²) in [5.41, 5.74) is 3.06. The lowest BCUT2D eigenvalue weighted by atomic mass is 9.99. The van der Waals surface area contributed by atoms with Crippen molar-refractivity contribution < 1.29 is 14.0 Å². The van der Waals surface area contributed by atoms with Gasteiger partial charge in [-0.15, -0.1) is 0 Å². The molecule has 0 radical (unpaired) electrons. The minimum Gasteiger partial charge on any atom is -0.466 e. The van der Waals surface area contributed by atoms with Gasteiger partial charge in [0.1, 0.15) is 11.5 Å². The Balaban J connectivity index is 1.51. The number of carbonyl (C=O) groups excluding carboxylic acids is 2. The third-order valence-corrected chi connectivity index (χ3v) is 5.68. The Morgan fingerprint density at radius 3 is 2.69 bits per heavy atom. The van der Waals surface area contributed by atoms with E-state index in [2.05, 4.69) is 35.3 Å². The molecule has 2 aromatic rings. The van der Waals surface area contributed by atoms with Gasteiger partial charge in [-0.25, -0.2) is 0 Å². The standard InChI is InChI=1S/C24H32N2O3/c1-17-7-6-12-26(15-17)16-21-9-5-4-8-20(21)14-25-24(28)11-10-22-13-23(18(2)27)19(3)29-22/h4-5,8-9,13,17H,6-7,10-12,14-16H2,1-3H3,(H,25,28). The van der Waals surface area contributed by atoms with Crippen LogP contribution in [0.1, 0.15) is 66.1 Å². The van der Waals surface area contributed by atoms with Gasteiger partial charge in [-0.1, -0.05) is 31.2 Å². The van der Waals surface area contributed by atoms with Crippen molar-refractivity contribution in [2.45, 2.75) is 59.5 Å². The molecule has 2 heterocycles. The molecule has 1 amide bonds. The predicted molar refractivity (Wildman–Crippen MR) is 114 cm³/mol. The summed E-state index contributed by atoms with van der Waals surface area (Å²) in [4.78, 5) is 26.4. The Bertz CT molecular complexity index is 856. The Kier molecular flexibility index (Phi) is 7.26. The van der Waals surface area contributed by atoms with Crippen molar-refractivity contribution in [1.82, 2.24) is 10.2 Å². The highest BCUT2D eigenvalue weighted by Gasteiger charge is 2.17. The summed E-state index contributed by atoms with van der Waals surface area (Å²) in [6, 6.07) is 10.1. The Labute approximate surface area is 173 Å². The Morgan fingerprint density at radius 2 is 2.00 bits per heavy atom. The topological polar surface area (TPSA) is 62.6 Å². The summed E-state index contributed by atoms with van der Waals surface area (Å²) in [6.45, 7) is 9.39. The molecule has 1 N–H and O–H groups in total. The van der Waals surface area contributed by atoms with Gasteiger partial charge in [0.25, 0.3) is 0 Å². The van der Waals surface area contributed by atoms with Gasteiger partial charge in [-0.05, 0) is 56.3 Å². The average Bonchev–Trinajstić information content (AvgIpc) is 3.07. The van der Waals surface area contributed by atoms with Gasteiger partial charge in [0.2, 0.25) is 5.91 Å². The maximum atomic E-state index is 12.3. The van der Waals surface area contributed by atoms with Crippen LogP contribution in [0.15, 0.2) is 34.7 Å². The number of nitrogens with one attached hydrogen (secondary N) is 1. The zero-order valence-corrected chi connectivity index (χ0v) is 17.8. The number of rotatable bonds is 8. The number of aryl methyl sites for hydroxylation is 2. The number of likely N-dealkylation sites (tertiary alicyclic amines) is 1. The molecule has 0 aliphatic carbocycles. The summed E-state index contributed by atoms with van der Waals surface area (Å²) in [5, 5.41) is 3.03. The van der Waals surface area contributed by atoms with Gasteiger partial charge >= 0.3 is 0 Å². The first-order chi connectivity index (χ1) is 13.9. The van der Waals surface area contributed by atoms with Gasteiger partial charge in [0.15, 0.2) is 5.78 Å². The van der Waals surface area contributed by atoms with Crippen LogP contribution in [0.2, 0.25) is 0 Å². The molecule has 3 rings (SSSR count). The normalized spacial score (nSPS) is 17.3. The molecule has 5 nitrogen and oxygen atoms in total. The second-order valence-electron chi connectivity index (χ2n) is 8.27. The maximum absolute atomic E-state index is 12.3. The quantitative estimate of drug-likeness (QED) is 0.677. The molecule has 0 spiro atoms. The van der Waals surface area contributed by atoms with Crippen LogP contribution in [0.5, 0.6) is 0 Å². The van der Waals surface area contributed by atoms with Crippen molar-refractivity contribution in [2.75, 3.05) is 13.1 Å². The molecule has 1 aliphatic rings. The highest BCUT2D eigenvalue weighted by molar-refractivity contribution is 5.95. The first-order valence-electron chi connectivity index (χ1n) is 10.6. The third-order valence-electron chi connectivity index (χ3n) is 5.68. The van der Waals surface area contributed by atoms with Gasteiger partial charge in [-0.2, -0.15) is 0 Å². The van der Waals surface area contributed by atoms with Crippen molar-refractivity contribution in [3.05, 3.63) is 58.5 Å². The van der Waals surface area contributed by atoms with Crippen LogP contribution in [-0.2, 0) is 24.3 Å². The molecule has 0 bridgehead atoms. The van der Waals surface area contributed by atoms with Crippen LogP contribution in [0, 0.1) is 12.8 Å². The molecule has 1 aliphatic heterocycles. The van der Waals surface area contributed by atoms with Gasteiger partial charge < -0.3 is 9.73 Å². The molecule has 156 valence electrons. The molecule has 1 fully saturated rings. The van der Waals surface area contributed by atoms with E-state index in [-0.39, 0.29) is 11.7 Å². The minimum absolute atomic E-state index is 0.00942. The van der Waals surface area contributed by atoms with Gasteiger partial charge in [-0.3, -0.25) is 14.5 Å². The zero-order valence-electron chi connectivity index (χ0n) is 17.8. The lowest BCUT2D eigenvalue weighted by Crippen LogP contribution is -2.34. The van der Waals surface area contributed by atoms with Gasteiger partial charge in [0, 0.05) is 32.5 Å². The molecule has 1 aromatic heterocycles. The first kappa shape index (κ1) is 21.3. The van der Waals surface area contributed by atoms with Gasteiger partial charge in [0.05, 0.1) is 5.56 Å². The fourth-order valence-corrected chi connectivity index (χ4v) is 4.09. The fourth-order valence-electron chi connectivity index (χ4n) is 4.09. The van der Waals surface area contributed by atoms with Crippen molar-refractivity contribution in [2.24, 2.45) is 5.92 Å². The van der Waals surface area contributed by atoms with E-state index in [0.717, 1.165) is 25.6 Å². The summed E-state index contributed by atoms with van der Waals surface area (Å²) in [5.74, 6) is 2.03. The van der Waals surface area contributed by atoms with Crippen molar-refractivity contribution in [1.29, 1.82) is 0 Å². The zero-order chi connectivity index (χ0) is 20.8. The second-order valence-corrected chi connectivity index (χ2v) is 8.27. The number of nitrogens with zero attached hydrogens (tertiary/aromatic N) is 1. The highest BCUT2D eigenvalue weighted by Crippen LogP contribution is 2.20. The number of carbonyl (C=O) groups is 2. The van der Waals surface area contributed by atoms with Crippen molar-refractivity contribution in [3.8, 4) is 0 Å². The predicted octanol–water partition coefficient (Wildman–Crippen LogP) is 4.27. The number of Topliss-reactive ketones (excluding diaryl/α,β-unsaturated/α-hetero) is 1. The third kappa shape index (κ3) is 6.04. The molecule has 5 heteroatoms. The largest absolute Gasteiger partial charge is 0.466 e. The molecular formula is C24H32N2O3. The van der Waals surface area contributed by atoms with Crippen molar-refractivity contribution in [3.63, 3.8) is 0 Å². The van der Waals surface area contributed by atoms with E-state index in [0.29, 0.717) is 36.5 Å². The van der Waals surface area contributed by atoms with E-state index in [1.54, 1.807) is 13.0 Å². The summed E-state index contributed by atoms with van der Waals surface area (Å²) in [6.07, 6.45) is 3.42. The van der Waals surface area contributed by atoms with Crippen LogP contribution in [0.25, 0.3) is 0 Å². The number of hydrogen-bond donors (Lipinski definition) is 1. The Morgan fingerprint density at radius 1 is 1.24 bits per heavy atom. The highest BCUT2D eigenvalue weighted by atomic mass is 16.3. The number of ketones is 1. The van der Waals surface area contributed by atoms with Crippen LogP contribution in [-0.4, -0.2) is 29.7 Å². The number of hydrogen-bond acceptors (Lipinski definition) is 4. The Hall–Kier alpha value is -2.40. The smallest absolute Gasteiger partial charge is 0.220 e. The first-order valence-corrected chi connectivity index (χ1v) is 10.6. The molecule has 0 saturated carbocycles. The van der Waals surface area contributed by atoms with Crippen LogP contribution < -0.4 is 5.32 Å². The molecule has 1 atom stereocenters. The van der Waals surface area contributed by atoms with Crippen LogP contribution in [0.3, 0.4) is 0 Å². The van der Waals surface area contributed by atoms with E-state index in [1.807, 2.05) is 6.07 Å². The molecule has 1 aromatic carbocycles. The van der Waals surface area contributed by atoms with E-state index in [4.69, 9.17) is 4.42 Å². The molecule has 1 saturated heterocycles. The van der Waals surface area contributed by atoms with Crippen LogP contribution in [0.4, 0.5) is 0 Å². The number of benzene rings is 1. The van der Waals surface area contributed by atoms with E-state index < -0.39 is 0 Å². The monoisotopic (exact) mass is 396 g/mol. The van der Waals surface area contributed by atoms with E-state index in [1.165, 1.54) is 30.9 Å². The second kappa shape index (κ2) is 9.88. The SMILES string of the molecule is CC(=O)c1cc(CCC(=O)NCc2ccccc2CN2CCCC(C)C2)oc1C. The summed E-state index contributed by atoms with van der Waals surface area (Å²) in [7, 11) is 0. The lowest BCUT2D eigenvalue weighted by molar-refractivity contribution is -0.121. The number of furan rings is 1. The molecular weight excluding hydrogens is 364 g/mol. The molecule has 29 heavy (non-hydrogen) atoms. The average molecular weight is 397 g/mol. The number of amides is 1. The summed E-state index contributed by atoms with van der Waals surface area (Å²) >= 11 is 0. The minimum atomic E-state index is -0.0124. The summed E-state index contributed by atoms with van der Waals surface area (Å²) < 4.78 is 5.60. The lowest BCUT2D eigenvalue weighted by Gasteiger charge is -2.31. The van der Waals surface area contributed by atoms with E-state index >= 15 is 0 Å². The van der Waals surface area contributed by atoms with Crippen molar-refractivity contribution >= 4 is 11.7 Å². The van der Waals surface area contributed by atoms with E-state index in [9.17, 15) is 9.59 Å². The molecule has 1 unspecified atom stereocenters.